The van der Waals surface area contributed by atoms with Crippen molar-refractivity contribution in [2.75, 3.05) is 37.9 Å². The van der Waals surface area contributed by atoms with Gasteiger partial charge < -0.3 is 25.0 Å². The Balaban J connectivity index is 1.50. The number of carbonyl (C=O) groups is 1. The molecule has 0 unspecified atom stereocenters. The Morgan fingerprint density at radius 2 is 2.03 bits per heavy atom. The number of hydrogen-bond donors (Lipinski definition) is 2. The summed E-state index contributed by atoms with van der Waals surface area (Å²) < 4.78 is 13.3. The Bertz CT molecular complexity index is 1180. The van der Waals surface area contributed by atoms with Gasteiger partial charge in [-0.25, -0.2) is 4.98 Å². The molecular formula is C23H26ClN7O3. The molecule has 4 rings (SSSR count). The first-order valence-electron chi connectivity index (χ1n) is 10.8. The van der Waals surface area contributed by atoms with Gasteiger partial charge in [-0.1, -0.05) is 18.2 Å². The standard InChI is InChI=1S/C23H26ClN7O3/c1-4-21(32)27-15-5-6-19(33-3)20(11-15)34-22-18(24)13-25-23(29-22)28-16-12-26-31(14-16)17-7-9-30(2)10-8-17/h4-6,11-14,17H,1,7-10H2,2-3H3,(H,27,32)(H,25,28,29). The number of anilines is 3. The second-order valence-corrected chi connectivity index (χ2v) is 8.28. The molecule has 3 aromatic rings. The van der Waals surface area contributed by atoms with E-state index in [2.05, 4.69) is 44.2 Å². The second kappa shape index (κ2) is 10.5. The number of halogens is 1. The number of benzene rings is 1. The zero-order valence-corrected chi connectivity index (χ0v) is 19.7. The summed E-state index contributed by atoms with van der Waals surface area (Å²) in [6, 6.07) is 5.33. The Kier molecular flexibility index (Phi) is 7.29. The lowest BCUT2D eigenvalue weighted by atomic mass is 10.1. The Hall–Kier alpha value is -3.63. The third-order valence-electron chi connectivity index (χ3n) is 5.45. The Labute approximate surface area is 202 Å². The molecule has 0 spiro atoms. The maximum absolute atomic E-state index is 11.6. The normalized spacial score (nSPS) is 14.4. The van der Waals surface area contributed by atoms with Gasteiger partial charge >= 0.3 is 0 Å². The fraction of sp³-hybridized carbons (Fsp3) is 0.304. The summed E-state index contributed by atoms with van der Waals surface area (Å²) in [5, 5.41) is 10.5. The molecule has 1 aliphatic rings. The van der Waals surface area contributed by atoms with Gasteiger partial charge in [-0.2, -0.15) is 10.1 Å². The van der Waals surface area contributed by atoms with Crippen molar-refractivity contribution in [2.24, 2.45) is 0 Å². The van der Waals surface area contributed by atoms with Gasteiger partial charge in [0, 0.05) is 18.0 Å². The minimum absolute atomic E-state index is 0.132. The van der Waals surface area contributed by atoms with Crippen LogP contribution in [0.25, 0.3) is 0 Å². The fourth-order valence-electron chi connectivity index (χ4n) is 3.61. The molecule has 178 valence electrons. The molecule has 0 radical (unpaired) electrons. The summed E-state index contributed by atoms with van der Waals surface area (Å²) in [7, 11) is 3.65. The van der Waals surface area contributed by atoms with Gasteiger partial charge in [-0.15, -0.1) is 0 Å². The number of hydrogen-bond acceptors (Lipinski definition) is 8. The topological polar surface area (TPSA) is 106 Å². The van der Waals surface area contributed by atoms with Gasteiger partial charge in [0.05, 0.1) is 31.2 Å². The van der Waals surface area contributed by atoms with E-state index in [1.807, 2.05) is 10.9 Å². The summed E-state index contributed by atoms with van der Waals surface area (Å²) in [6.45, 7) is 5.55. The van der Waals surface area contributed by atoms with Crippen LogP contribution in [0.3, 0.4) is 0 Å². The first-order chi connectivity index (χ1) is 16.4. The number of aromatic nitrogens is 4. The van der Waals surface area contributed by atoms with Crippen LogP contribution in [0.5, 0.6) is 17.4 Å². The highest BCUT2D eigenvalue weighted by atomic mass is 35.5. The number of methoxy groups -OCH3 is 1. The zero-order chi connectivity index (χ0) is 24.1. The van der Waals surface area contributed by atoms with E-state index in [-0.39, 0.29) is 16.8 Å². The van der Waals surface area contributed by atoms with E-state index in [4.69, 9.17) is 21.1 Å². The number of likely N-dealkylation sites (tertiary alicyclic amines) is 1. The van der Waals surface area contributed by atoms with Crippen LogP contribution in [-0.2, 0) is 4.79 Å². The molecule has 34 heavy (non-hydrogen) atoms. The summed E-state index contributed by atoms with van der Waals surface area (Å²) in [5.74, 6) is 0.861. The molecule has 0 aliphatic carbocycles. The molecule has 10 nitrogen and oxygen atoms in total. The highest BCUT2D eigenvalue weighted by Crippen LogP contribution is 2.36. The minimum atomic E-state index is -0.344. The maximum atomic E-state index is 11.6. The molecule has 0 bridgehead atoms. The van der Waals surface area contributed by atoms with Crippen molar-refractivity contribution in [1.29, 1.82) is 0 Å². The lowest BCUT2D eigenvalue weighted by Gasteiger charge is -2.28. The Morgan fingerprint density at radius 1 is 1.24 bits per heavy atom. The maximum Gasteiger partial charge on any atom is 0.247 e. The third kappa shape index (κ3) is 5.64. The van der Waals surface area contributed by atoms with E-state index >= 15 is 0 Å². The molecule has 2 aromatic heterocycles. The molecular weight excluding hydrogens is 458 g/mol. The Morgan fingerprint density at radius 3 is 2.76 bits per heavy atom. The average molecular weight is 484 g/mol. The smallest absolute Gasteiger partial charge is 0.247 e. The van der Waals surface area contributed by atoms with Crippen LogP contribution in [0.2, 0.25) is 5.02 Å². The lowest BCUT2D eigenvalue weighted by Crippen LogP contribution is -2.31. The number of ether oxygens (including phenoxy) is 2. The fourth-order valence-corrected chi connectivity index (χ4v) is 3.74. The van der Waals surface area contributed by atoms with E-state index in [0.717, 1.165) is 31.6 Å². The summed E-state index contributed by atoms with van der Waals surface area (Å²) >= 11 is 6.29. The monoisotopic (exact) mass is 483 g/mol. The van der Waals surface area contributed by atoms with Crippen LogP contribution >= 0.6 is 11.6 Å². The quantitative estimate of drug-likeness (QED) is 0.458. The molecule has 1 amide bonds. The molecule has 0 saturated carbocycles. The summed E-state index contributed by atoms with van der Waals surface area (Å²) in [6.07, 6.45) is 8.43. The van der Waals surface area contributed by atoms with Crippen molar-refractivity contribution in [1.82, 2.24) is 24.6 Å². The van der Waals surface area contributed by atoms with Gasteiger partial charge in [0.15, 0.2) is 11.5 Å². The van der Waals surface area contributed by atoms with Crippen LogP contribution in [0.1, 0.15) is 18.9 Å². The molecule has 1 fully saturated rings. The number of nitrogens with zero attached hydrogens (tertiary/aromatic N) is 5. The predicted octanol–water partition coefficient (Wildman–Crippen LogP) is 4.26. The van der Waals surface area contributed by atoms with Gasteiger partial charge in [0.2, 0.25) is 17.7 Å². The molecule has 3 heterocycles. The molecule has 1 saturated heterocycles. The van der Waals surface area contributed by atoms with Crippen LogP contribution in [0, 0.1) is 0 Å². The van der Waals surface area contributed by atoms with Crippen LogP contribution in [0.15, 0.2) is 49.4 Å². The summed E-state index contributed by atoms with van der Waals surface area (Å²) in [4.78, 5) is 22.6. The molecule has 0 atom stereocenters. The number of carbonyl (C=O) groups excluding carboxylic acids is 1. The van der Waals surface area contributed by atoms with Crippen LogP contribution in [0.4, 0.5) is 17.3 Å². The average Bonchev–Trinajstić information content (AvgIpc) is 3.30. The lowest BCUT2D eigenvalue weighted by molar-refractivity contribution is -0.111. The largest absolute Gasteiger partial charge is 0.493 e. The highest BCUT2D eigenvalue weighted by Gasteiger charge is 2.19. The zero-order valence-electron chi connectivity index (χ0n) is 19.0. The first-order valence-corrected chi connectivity index (χ1v) is 11.1. The number of rotatable bonds is 8. The summed E-state index contributed by atoms with van der Waals surface area (Å²) in [5.41, 5.74) is 1.27. The van der Waals surface area contributed by atoms with Crippen molar-refractivity contribution in [3.8, 4) is 17.4 Å². The molecule has 2 N–H and O–H groups in total. The predicted molar refractivity (Wildman–Crippen MR) is 130 cm³/mol. The first kappa shape index (κ1) is 23.5. The van der Waals surface area contributed by atoms with E-state index < -0.39 is 0 Å². The van der Waals surface area contributed by atoms with E-state index in [0.29, 0.717) is 29.2 Å². The van der Waals surface area contributed by atoms with E-state index in [1.165, 1.54) is 19.4 Å². The van der Waals surface area contributed by atoms with Crippen molar-refractivity contribution in [3.63, 3.8) is 0 Å². The van der Waals surface area contributed by atoms with E-state index in [9.17, 15) is 4.79 Å². The van der Waals surface area contributed by atoms with Gasteiger partial charge in [0.1, 0.15) is 5.02 Å². The second-order valence-electron chi connectivity index (χ2n) is 7.88. The highest BCUT2D eigenvalue weighted by molar-refractivity contribution is 6.31. The van der Waals surface area contributed by atoms with Crippen molar-refractivity contribution in [3.05, 3.63) is 54.5 Å². The van der Waals surface area contributed by atoms with Gasteiger partial charge in [-0.3, -0.25) is 9.48 Å². The minimum Gasteiger partial charge on any atom is -0.493 e. The van der Waals surface area contributed by atoms with Crippen LogP contribution in [-0.4, -0.2) is 57.8 Å². The molecule has 1 aliphatic heterocycles. The van der Waals surface area contributed by atoms with Crippen molar-refractivity contribution >= 4 is 34.8 Å². The number of piperidine rings is 1. The van der Waals surface area contributed by atoms with Crippen molar-refractivity contribution < 1.29 is 14.3 Å². The van der Waals surface area contributed by atoms with Gasteiger partial charge in [0.25, 0.3) is 0 Å². The van der Waals surface area contributed by atoms with E-state index in [1.54, 1.807) is 24.4 Å². The molecule has 1 aromatic carbocycles. The SMILES string of the molecule is C=CC(=O)Nc1ccc(OC)c(Oc2nc(Nc3cnn(C4CCN(C)CC4)c3)ncc2Cl)c1. The number of nitrogens with one attached hydrogen (secondary N) is 2. The van der Waals surface area contributed by atoms with Crippen LogP contribution < -0.4 is 20.1 Å². The van der Waals surface area contributed by atoms with Gasteiger partial charge in [-0.05, 0) is 51.2 Å². The van der Waals surface area contributed by atoms with Crippen molar-refractivity contribution in [2.45, 2.75) is 18.9 Å². The molecule has 11 heteroatoms. The third-order valence-corrected chi connectivity index (χ3v) is 5.71. The number of amides is 1.